The minimum atomic E-state index is 0.0826. The van der Waals surface area contributed by atoms with Crippen molar-refractivity contribution in [1.82, 2.24) is 0 Å². The van der Waals surface area contributed by atoms with Gasteiger partial charge in [0.25, 0.3) is 0 Å². The van der Waals surface area contributed by atoms with Crippen LogP contribution in [0.15, 0.2) is 42.5 Å². The van der Waals surface area contributed by atoms with Crippen LogP contribution in [0.5, 0.6) is 11.5 Å². The maximum absolute atomic E-state index is 5.88. The van der Waals surface area contributed by atoms with Crippen LogP contribution in [0.2, 0.25) is 0 Å². The van der Waals surface area contributed by atoms with Crippen molar-refractivity contribution in [3.05, 3.63) is 53.6 Å². The minimum absolute atomic E-state index is 0.0826. The molecule has 3 nitrogen and oxygen atoms in total. The van der Waals surface area contributed by atoms with Crippen molar-refractivity contribution in [3.8, 4) is 11.5 Å². The first kappa shape index (κ1) is 15.2. The summed E-state index contributed by atoms with van der Waals surface area (Å²) in [7, 11) is 1.66. The Hall–Kier alpha value is -2.16. The van der Waals surface area contributed by atoms with Crippen LogP contribution in [0.4, 0.5) is 5.69 Å². The predicted octanol–water partition coefficient (Wildman–Crippen LogP) is 4.19. The van der Waals surface area contributed by atoms with Crippen molar-refractivity contribution in [2.75, 3.05) is 19.0 Å². The number of hydrogen-bond donors (Lipinski definition) is 1. The molecule has 0 aliphatic heterocycles. The van der Waals surface area contributed by atoms with Gasteiger partial charge < -0.3 is 14.8 Å². The monoisotopic (exact) mass is 285 g/mol. The molecule has 3 heteroatoms. The molecule has 2 aromatic rings. The summed E-state index contributed by atoms with van der Waals surface area (Å²) in [4.78, 5) is 0. The molecule has 0 saturated heterocycles. The average Bonchev–Trinajstić information content (AvgIpc) is 2.45. The molecule has 0 fully saturated rings. The quantitative estimate of drug-likeness (QED) is 0.863. The molecule has 1 unspecified atom stereocenters. The highest BCUT2D eigenvalue weighted by Gasteiger charge is 2.05. The topological polar surface area (TPSA) is 30.5 Å². The summed E-state index contributed by atoms with van der Waals surface area (Å²) in [5.74, 6) is 1.69. The summed E-state index contributed by atoms with van der Waals surface area (Å²) in [6, 6.07) is 14.1. The molecule has 0 heterocycles. The Morgan fingerprint density at radius 2 is 1.52 bits per heavy atom. The zero-order valence-corrected chi connectivity index (χ0v) is 13.1. The van der Waals surface area contributed by atoms with Crippen LogP contribution in [-0.4, -0.2) is 19.8 Å². The number of nitrogens with one attached hydrogen (secondary N) is 1. The number of ether oxygens (including phenoxy) is 2. The summed E-state index contributed by atoms with van der Waals surface area (Å²) < 4.78 is 11.0. The standard InChI is InChI=1S/C18H23NO2/c1-13-9-14(2)11-16(10-13)19-12-15(3)21-18-7-5-17(20-4)6-8-18/h5-11,15,19H,12H2,1-4H3. The van der Waals surface area contributed by atoms with Crippen LogP contribution in [0.1, 0.15) is 18.1 Å². The highest BCUT2D eigenvalue weighted by molar-refractivity contribution is 5.48. The van der Waals surface area contributed by atoms with E-state index in [1.54, 1.807) is 7.11 Å². The van der Waals surface area contributed by atoms with Crippen molar-refractivity contribution >= 4 is 5.69 Å². The Kier molecular flexibility index (Phi) is 5.09. The number of rotatable bonds is 6. The van der Waals surface area contributed by atoms with Crippen molar-refractivity contribution in [2.24, 2.45) is 0 Å². The third kappa shape index (κ3) is 4.71. The van der Waals surface area contributed by atoms with Gasteiger partial charge in [0.05, 0.1) is 13.7 Å². The van der Waals surface area contributed by atoms with Gasteiger partial charge in [-0.25, -0.2) is 0 Å². The second-order valence-corrected chi connectivity index (χ2v) is 5.36. The molecule has 0 spiro atoms. The number of benzene rings is 2. The Balaban J connectivity index is 1.87. The summed E-state index contributed by atoms with van der Waals surface area (Å²) in [5, 5.41) is 3.42. The van der Waals surface area contributed by atoms with E-state index in [0.29, 0.717) is 0 Å². The molecule has 0 aliphatic carbocycles. The predicted molar refractivity (Wildman–Crippen MR) is 87.5 cm³/mol. The molecule has 0 radical (unpaired) electrons. The Labute approximate surface area is 126 Å². The van der Waals surface area contributed by atoms with Gasteiger partial charge in [0.15, 0.2) is 0 Å². The van der Waals surface area contributed by atoms with E-state index in [1.165, 1.54) is 11.1 Å². The molecule has 2 rings (SSSR count). The minimum Gasteiger partial charge on any atom is -0.497 e. The molecule has 1 atom stereocenters. The van der Waals surface area contributed by atoms with Crippen LogP contribution < -0.4 is 14.8 Å². The summed E-state index contributed by atoms with van der Waals surface area (Å²) in [6.45, 7) is 7.03. The smallest absolute Gasteiger partial charge is 0.120 e. The zero-order valence-electron chi connectivity index (χ0n) is 13.1. The lowest BCUT2D eigenvalue weighted by molar-refractivity contribution is 0.234. The molecule has 21 heavy (non-hydrogen) atoms. The normalized spacial score (nSPS) is 11.8. The Morgan fingerprint density at radius 3 is 2.10 bits per heavy atom. The van der Waals surface area contributed by atoms with Crippen LogP contribution in [0.3, 0.4) is 0 Å². The van der Waals surface area contributed by atoms with Crippen LogP contribution in [0, 0.1) is 13.8 Å². The lowest BCUT2D eigenvalue weighted by atomic mass is 10.1. The zero-order chi connectivity index (χ0) is 15.2. The third-order valence-electron chi connectivity index (χ3n) is 3.21. The first-order valence-electron chi connectivity index (χ1n) is 7.19. The fourth-order valence-corrected chi connectivity index (χ4v) is 2.27. The van der Waals surface area contributed by atoms with Crippen molar-refractivity contribution in [2.45, 2.75) is 26.9 Å². The number of hydrogen-bond acceptors (Lipinski definition) is 3. The van der Waals surface area contributed by atoms with Crippen LogP contribution >= 0.6 is 0 Å². The fourth-order valence-electron chi connectivity index (χ4n) is 2.27. The van der Waals surface area contributed by atoms with Crippen LogP contribution in [0.25, 0.3) is 0 Å². The molecule has 0 aliphatic rings. The Morgan fingerprint density at radius 1 is 0.952 bits per heavy atom. The molecule has 0 saturated carbocycles. The molecule has 0 amide bonds. The maximum Gasteiger partial charge on any atom is 0.120 e. The van der Waals surface area contributed by atoms with Gasteiger partial charge in [0.2, 0.25) is 0 Å². The van der Waals surface area contributed by atoms with Gasteiger partial charge in [-0.15, -0.1) is 0 Å². The van der Waals surface area contributed by atoms with E-state index in [9.17, 15) is 0 Å². The van der Waals surface area contributed by atoms with Gasteiger partial charge in [0, 0.05) is 5.69 Å². The van der Waals surface area contributed by atoms with Gasteiger partial charge in [-0.2, -0.15) is 0 Å². The van der Waals surface area contributed by atoms with Crippen LogP contribution in [-0.2, 0) is 0 Å². The van der Waals surface area contributed by atoms with Gasteiger partial charge in [-0.3, -0.25) is 0 Å². The number of anilines is 1. The van der Waals surface area contributed by atoms with Gasteiger partial charge in [0.1, 0.15) is 17.6 Å². The molecule has 0 aromatic heterocycles. The SMILES string of the molecule is COc1ccc(OC(C)CNc2cc(C)cc(C)c2)cc1. The van der Waals surface area contributed by atoms with E-state index in [1.807, 2.05) is 24.3 Å². The van der Waals surface area contributed by atoms with Crippen molar-refractivity contribution in [3.63, 3.8) is 0 Å². The first-order valence-corrected chi connectivity index (χ1v) is 7.19. The number of aryl methyl sites for hydroxylation is 2. The molecule has 2 aromatic carbocycles. The van der Waals surface area contributed by atoms with E-state index in [4.69, 9.17) is 9.47 Å². The highest BCUT2D eigenvalue weighted by Crippen LogP contribution is 2.19. The largest absolute Gasteiger partial charge is 0.497 e. The lowest BCUT2D eigenvalue weighted by Crippen LogP contribution is -2.22. The number of methoxy groups -OCH3 is 1. The van der Waals surface area contributed by atoms with E-state index in [-0.39, 0.29) is 6.10 Å². The molecule has 112 valence electrons. The average molecular weight is 285 g/mol. The summed E-state index contributed by atoms with van der Waals surface area (Å²) >= 11 is 0. The highest BCUT2D eigenvalue weighted by atomic mass is 16.5. The van der Waals surface area contributed by atoms with E-state index in [0.717, 1.165) is 23.7 Å². The Bertz CT molecular complexity index is 558. The van der Waals surface area contributed by atoms with Gasteiger partial charge >= 0.3 is 0 Å². The maximum atomic E-state index is 5.88. The summed E-state index contributed by atoms with van der Waals surface area (Å²) in [5.41, 5.74) is 3.67. The van der Waals surface area contributed by atoms with Gasteiger partial charge in [-0.1, -0.05) is 6.07 Å². The summed E-state index contributed by atoms with van der Waals surface area (Å²) in [6.07, 6.45) is 0.0826. The van der Waals surface area contributed by atoms with E-state index < -0.39 is 0 Å². The molecule has 0 bridgehead atoms. The van der Waals surface area contributed by atoms with Crippen molar-refractivity contribution in [1.29, 1.82) is 0 Å². The molecular formula is C18H23NO2. The van der Waals surface area contributed by atoms with Crippen molar-refractivity contribution < 1.29 is 9.47 Å². The molecule has 1 N–H and O–H groups in total. The molecular weight excluding hydrogens is 262 g/mol. The fraction of sp³-hybridized carbons (Fsp3) is 0.333. The van der Waals surface area contributed by atoms with Gasteiger partial charge in [-0.05, 0) is 68.3 Å². The third-order valence-corrected chi connectivity index (χ3v) is 3.21. The second kappa shape index (κ2) is 7.02. The lowest BCUT2D eigenvalue weighted by Gasteiger charge is -2.17. The first-order chi connectivity index (χ1) is 10.1. The second-order valence-electron chi connectivity index (χ2n) is 5.36. The van der Waals surface area contributed by atoms with E-state index >= 15 is 0 Å². The van der Waals surface area contributed by atoms with E-state index in [2.05, 4.69) is 44.3 Å².